The molecule has 8 nitrogen and oxygen atoms in total. The van der Waals surface area contributed by atoms with Crippen molar-refractivity contribution < 1.29 is 22.7 Å². The van der Waals surface area contributed by atoms with E-state index in [4.69, 9.17) is 4.74 Å². The first kappa shape index (κ1) is 31.7. The van der Waals surface area contributed by atoms with Crippen LogP contribution in [-0.2, 0) is 26.2 Å². The van der Waals surface area contributed by atoms with Gasteiger partial charge in [0.25, 0.3) is 10.0 Å². The summed E-state index contributed by atoms with van der Waals surface area (Å²) >= 11 is 0. The Morgan fingerprint density at radius 2 is 1.61 bits per heavy atom. The Balaban J connectivity index is 2.08. The predicted molar refractivity (Wildman–Crippen MR) is 162 cm³/mol. The van der Waals surface area contributed by atoms with E-state index >= 15 is 0 Å². The van der Waals surface area contributed by atoms with Crippen LogP contribution in [-0.4, -0.2) is 50.9 Å². The maximum absolute atomic E-state index is 14.2. The number of benzene rings is 3. The Labute approximate surface area is 244 Å². The topological polar surface area (TPSA) is 96.0 Å². The molecule has 0 saturated heterocycles. The summed E-state index contributed by atoms with van der Waals surface area (Å²) in [7, 11) is -2.54. The minimum absolute atomic E-state index is 0.0733. The normalized spacial score (nSPS) is 12.7. The third-order valence-corrected chi connectivity index (χ3v) is 9.05. The summed E-state index contributed by atoms with van der Waals surface area (Å²) in [6.45, 7) is 9.20. The summed E-state index contributed by atoms with van der Waals surface area (Å²) < 4.78 is 34.4. The molecule has 0 fully saturated rings. The predicted octanol–water partition coefficient (Wildman–Crippen LogP) is 5.23. The number of nitrogens with one attached hydrogen (secondary N) is 1. The van der Waals surface area contributed by atoms with Gasteiger partial charge in [0, 0.05) is 12.6 Å². The van der Waals surface area contributed by atoms with Crippen molar-refractivity contribution in [2.45, 2.75) is 71.0 Å². The number of hydrogen-bond donors (Lipinski definition) is 1. The summed E-state index contributed by atoms with van der Waals surface area (Å²) in [4.78, 5) is 29.1. The van der Waals surface area contributed by atoms with Gasteiger partial charge in [-0.2, -0.15) is 0 Å². The van der Waals surface area contributed by atoms with Gasteiger partial charge in [-0.25, -0.2) is 8.42 Å². The molecule has 3 aromatic rings. The fourth-order valence-corrected chi connectivity index (χ4v) is 5.88. The summed E-state index contributed by atoms with van der Waals surface area (Å²) in [5, 5.41) is 2.99. The summed E-state index contributed by atoms with van der Waals surface area (Å²) in [5.41, 5.74) is 3.04. The number of aryl methyl sites for hydroxylation is 2. The Hall–Kier alpha value is -3.85. The molecule has 2 amide bonds. The van der Waals surface area contributed by atoms with Crippen LogP contribution in [0.5, 0.6) is 5.75 Å². The van der Waals surface area contributed by atoms with Crippen LogP contribution in [0.4, 0.5) is 5.69 Å². The molecule has 41 heavy (non-hydrogen) atoms. The molecule has 0 saturated carbocycles. The minimum Gasteiger partial charge on any atom is -0.497 e. The van der Waals surface area contributed by atoms with Gasteiger partial charge in [0.2, 0.25) is 11.8 Å². The average Bonchev–Trinajstić information content (AvgIpc) is 2.97. The lowest BCUT2D eigenvalue weighted by molar-refractivity contribution is -0.140. The Morgan fingerprint density at radius 1 is 0.902 bits per heavy atom. The zero-order chi connectivity index (χ0) is 30.2. The van der Waals surface area contributed by atoms with E-state index in [1.54, 1.807) is 49.6 Å². The fraction of sp³-hybridized carbons (Fsp3) is 0.375. The second kappa shape index (κ2) is 14.2. The minimum atomic E-state index is -4.11. The van der Waals surface area contributed by atoms with Gasteiger partial charge in [0.1, 0.15) is 18.3 Å². The van der Waals surface area contributed by atoms with Gasteiger partial charge < -0.3 is 15.0 Å². The molecule has 9 heteroatoms. The van der Waals surface area contributed by atoms with Crippen LogP contribution in [0.1, 0.15) is 50.3 Å². The van der Waals surface area contributed by atoms with Crippen molar-refractivity contribution in [1.82, 2.24) is 10.2 Å². The molecule has 0 heterocycles. The monoisotopic (exact) mass is 579 g/mol. The van der Waals surface area contributed by atoms with E-state index in [1.807, 2.05) is 52.8 Å². The number of methoxy groups -OCH3 is 1. The standard InChI is InChI=1S/C32H41N3O5S/c1-7-25(5)33-32(37)30(8-2)34(21-26-13-12-14-28(20-26)40-6)31(36)22-35(27-18-17-23(3)24(4)19-27)41(38,39)29-15-10-9-11-16-29/h9-20,25,30H,7-8,21-22H2,1-6H3,(H,33,37). The van der Waals surface area contributed by atoms with Crippen LogP contribution in [0.3, 0.4) is 0 Å². The molecule has 0 aliphatic carbocycles. The van der Waals surface area contributed by atoms with Gasteiger partial charge in [0.15, 0.2) is 0 Å². The van der Waals surface area contributed by atoms with E-state index < -0.39 is 28.5 Å². The van der Waals surface area contributed by atoms with E-state index in [1.165, 1.54) is 17.0 Å². The number of hydrogen-bond acceptors (Lipinski definition) is 5. The van der Waals surface area contributed by atoms with E-state index in [0.29, 0.717) is 17.9 Å². The highest BCUT2D eigenvalue weighted by Crippen LogP contribution is 2.27. The number of sulfonamides is 1. The van der Waals surface area contributed by atoms with Gasteiger partial charge in [-0.05, 0) is 86.7 Å². The van der Waals surface area contributed by atoms with E-state index in [2.05, 4.69) is 5.32 Å². The van der Waals surface area contributed by atoms with Crippen molar-refractivity contribution >= 4 is 27.5 Å². The lowest BCUT2D eigenvalue weighted by Crippen LogP contribution is -2.53. The van der Waals surface area contributed by atoms with Crippen molar-refractivity contribution in [3.8, 4) is 5.75 Å². The molecule has 220 valence electrons. The zero-order valence-electron chi connectivity index (χ0n) is 24.8. The van der Waals surface area contributed by atoms with Crippen LogP contribution in [0.25, 0.3) is 0 Å². The molecule has 1 N–H and O–H groups in total. The van der Waals surface area contributed by atoms with E-state index in [-0.39, 0.29) is 23.4 Å². The van der Waals surface area contributed by atoms with Gasteiger partial charge in [-0.15, -0.1) is 0 Å². The number of carbonyl (C=O) groups excluding carboxylic acids is 2. The number of nitrogens with zero attached hydrogens (tertiary/aromatic N) is 2. The first-order valence-corrected chi connectivity index (χ1v) is 15.3. The largest absolute Gasteiger partial charge is 0.497 e. The smallest absolute Gasteiger partial charge is 0.264 e. The molecule has 3 rings (SSSR count). The SMILES string of the molecule is CCC(C)NC(=O)C(CC)N(Cc1cccc(OC)c1)C(=O)CN(c1ccc(C)c(C)c1)S(=O)(=O)c1ccccc1. The van der Waals surface area contributed by atoms with E-state index in [9.17, 15) is 18.0 Å². The number of amides is 2. The van der Waals surface area contributed by atoms with Crippen molar-refractivity contribution in [1.29, 1.82) is 0 Å². The number of anilines is 1. The number of carbonyl (C=O) groups is 2. The van der Waals surface area contributed by atoms with Gasteiger partial charge in [-0.3, -0.25) is 13.9 Å². The van der Waals surface area contributed by atoms with Gasteiger partial charge >= 0.3 is 0 Å². The van der Waals surface area contributed by atoms with Gasteiger partial charge in [-0.1, -0.05) is 50.2 Å². The highest BCUT2D eigenvalue weighted by Gasteiger charge is 2.34. The van der Waals surface area contributed by atoms with Crippen molar-refractivity contribution in [3.63, 3.8) is 0 Å². The third kappa shape index (κ3) is 7.88. The molecule has 0 aliphatic rings. The second-order valence-corrected chi connectivity index (χ2v) is 12.1. The first-order valence-electron chi connectivity index (χ1n) is 13.9. The molecule has 2 atom stereocenters. The maximum Gasteiger partial charge on any atom is 0.264 e. The highest BCUT2D eigenvalue weighted by molar-refractivity contribution is 7.92. The second-order valence-electron chi connectivity index (χ2n) is 10.2. The molecule has 0 aliphatic heterocycles. The molecule has 0 radical (unpaired) electrons. The van der Waals surface area contributed by atoms with Crippen molar-refractivity contribution in [2.75, 3.05) is 18.0 Å². The van der Waals surface area contributed by atoms with Crippen LogP contribution < -0.4 is 14.4 Å². The van der Waals surface area contributed by atoms with Crippen LogP contribution >= 0.6 is 0 Å². The first-order chi connectivity index (χ1) is 19.5. The maximum atomic E-state index is 14.2. The lowest BCUT2D eigenvalue weighted by atomic mass is 10.1. The Kier molecular flexibility index (Phi) is 10.9. The quantitative estimate of drug-likeness (QED) is 0.299. The van der Waals surface area contributed by atoms with Crippen molar-refractivity contribution in [3.05, 3.63) is 89.5 Å². The summed E-state index contributed by atoms with van der Waals surface area (Å²) in [5.74, 6) is -0.145. The highest BCUT2D eigenvalue weighted by atomic mass is 32.2. The molecule has 0 bridgehead atoms. The van der Waals surface area contributed by atoms with Crippen molar-refractivity contribution in [2.24, 2.45) is 0 Å². The summed E-state index contributed by atoms with van der Waals surface area (Å²) in [6, 6.07) is 19.8. The molecule has 2 unspecified atom stereocenters. The summed E-state index contributed by atoms with van der Waals surface area (Å²) in [6.07, 6.45) is 1.09. The lowest BCUT2D eigenvalue weighted by Gasteiger charge is -2.34. The molecule has 3 aromatic carbocycles. The van der Waals surface area contributed by atoms with Crippen LogP contribution in [0.15, 0.2) is 77.7 Å². The molecular weight excluding hydrogens is 538 g/mol. The average molecular weight is 580 g/mol. The molecular formula is C32H41N3O5S. The Morgan fingerprint density at radius 3 is 2.22 bits per heavy atom. The number of rotatable bonds is 13. The zero-order valence-corrected chi connectivity index (χ0v) is 25.6. The Bertz CT molecular complexity index is 1440. The fourth-order valence-electron chi connectivity index (χ4n) is 4.46. The molecule has 0 spiro atoms. The number of ether oxygens (including phenoxy) is 1. The van der Waals surface area contributed by atoms with Gasteiger partial charge in [0.05, 0.1) is 17.7 Å². The van der Waals surface area contributed by atoms with E-state index in [0.717, 1.165) is 27.4 Å². The molecule has 0 aromatic heterocycles. The van der Waals surface area contributed by atoms with Crippen LogP contribution in [0, 0.1) is 13.8 Å². The third-order valence-electron chi connectivity index (χ3n) is 7.26. The van der Waals surface area contributed by atoms with Crippen LogP contribution in [0.2, 0.25) is 0 Å².